The third-order valence-electron chi connectivity index (χ3n) is 4.75. The third kappa shape index (κ3) is 7.65. The van der Waals surface area contributed by atoms with Crippen LogP contribution in [0.1, 0.15) is 100 Å². The minimum Gasteiger partial charge on any atom is -0.462 e. The highest BCUT2D eigenvalue weighted by atomic mass is 16.5. The minimum absolute atomic E-state index is 0.000216. The zero-order chi connectivity index (χ0) is 17.4. The predicted molar refractivity (Wildman–Crippen MR) is 95.9 cm³/mol. The first-order valence-corrected chi connectivity index (χ1v) is 9.28. The van der Waals surface area contributed by atoms with Crippen LogP contribution in [0.5, 0.6) is 0 Å². The number of hydrogen-bond donors (Lipinski definition) is 0. The molecule has 0 saturated carbocycles. The SMILES string of the molecule is CCCCCCC(CC)OC(=O)C(C)(CC(C)(C)C)C(C)C. The molecule has 0 radical (unpaired) electrons. The molecule has 0 aliphatic heterocycles. The molecule has 0 saturated heterocycles. The molecule has 0 aliphatic rings. The summed E-state index contributed by atoms with van der Waals surface area (Å²) < 4.78 is 5.91. The van der Waals surface area contributed by atoms with Crippen LogP contribution in [0.2, 0.25) is 0 Å². The highest BCUT2D eigenvalue weighted by molar-refractivity contribution is 5.77. The van der Waals surface area contributed by atoms with Crippen LogP contribution in [0.25, 0.3) is 0 Å². The first-order valence-electron chi connectivity index (χ1n) is 9.28. The van der Waals surface area contributed by atoms with E-state index in [1.807, 2.05) is 0 Å². The molecule has 0 aromatic heterocycles. The van der Waals surface area contributed by atoms with Crippen molar-refractivity contribution in [1.82, 2.24) is 0 Å². The summed E-state index contributed by atoms with van der Waals surface area (Å²) in [7, 11) is 0. The molecule has 2 unspecified atom stereocenters. The molecule has 2 heteroatoms. The molecule has 0 aromatic rings. The average Bonchev–Trinajstić information content (AvgIpc) is 2.39. The summed E-state index contributed by atoms with van der Waals surface area (Å²) in [5.41, 5.74) is -0.268. The van der Waals surface area contributed by atoms with Crippen molar-refractivity contribution in [3.8, 4) is 0 Å². The number of carbonyl (C=O) groups excluding carboxylic acids is 1. The van der Waals surface area contributed by atoms with E-state index in [2.05, 4.69) is 55.4 Å². The van der Waals surface area contributed by atoms with E-state index in [-0.39, 0.29) is 23.4 Å². The Morgan fingerprint density at radius 3 is 2.00 bits per heavy atom. The molecule has 0 amide bonds. The summed E-state index contributed by atoms with van der Waals surface area (Å²) >= 11 is 0. The molecular formula is C20H40O2. The molecule has 0 fully saturated rings. The maximum atomic E-state index is 12.8. The Morgan fingerprint density at radius 2 is 1.59 bits per heavy atom. The molecular weight excluding hydrogens is 272 g/mol. The number of esters is 1. The number of unbranched alkanes of at least 4 members (excludes halogenated alkanes) is 3. The van der Waals surface area contributed by atoms with Gasteiger partial charge in [-0.3, -0.25) is 4.79 Å². The van der Waals surface area contributed by atoms with Crippen molar-refractivity contribution in [3.05, 3.63) is 0 Å². The van der Waals surface area contributed by atoms with Crippen LogP contribution in [-0.4, -0.2) is 12.1 Å². The average molecular weight is 313 g/mol. The van der Waals surface area contributed by atoms with Gasteiger partial charge in [0.1, 0.15) is 6.10 Å². The van der Waals surface area contributed by atoms with Gasteiger partial charge >= 0.3 is 5.97 Å². The van der Waals surface area contributed by atoms with E-state index in [1.165, 1.54) is 19.3 Å². The predicted octanol–water partition coefficient (Wildman–Crippen LogP) is 6.38. The number of rotatable bonds is 10. The van der Waals surface area contributed by atoms with Crippen molar-refractivity contribution >= 4 is 5.97 Å². The van der Waals surface area contributed by atoms with Gasteiger partial charge in [0.15, 0.2) is 0 Å². The Bertz CT molecular complexity index is 314. The van der Waals surface area contributed by atoms with Gasteiger partial charge in [0, 0.05) is 0 Å². The van der Waals surface area contributed by atoms with Crippen molar-refractivity contribution < 1.29 is 9.53 Å². The smallest absolute Gasteiger partial charge is 0.312 e. The van der Waals surface area contributed by atoms with E-state index in [9.17, 15) is 4.79 Å². The quantitative estimate of drug-likeness (QED) is 0.346. The molecule has 0 N–H and O–H groups in total. The van der Waals surface area contributed by atoms with E-state index in [0.29, 0.717) is 0 Å². The van der Waals surface area contributed by atoms with Crippen LogP contribution in [0.4, 0.5) is 0 Å². The maximum absolute atomic E-state index is 12.8. The van der Waals surface area contributed by atoms with Crippen molar-refractivity contribution in [2.45, 2.75) is 106 Å². The fourth-order valence-corrected chi connectivity index (χ4v) is 3.04. The van der Waals surface area contributed by atoms with Crippen molar-refractivity contribution in [2.75, 3.05) is 0 Å². The molecule has 0 spiro atoms. The van der Waals surface area contributed by atoms with E-state index in [4.69, 9.17) is 4.74 Å². The van der Waals surface area contributed by atoms with Gasteiger partial charge in [0.05, 0.1) is 5.41 Å². The summed E-state index contributed by atoms with van der Waals surface area (Å²) in [5, 5.41) is 0. The standard InChI is InChI=1S/C20H40O2/c1-9-11-12-13-14-17(10-2)22-18(21)20(8,16(3)4)15-19(5,6)7/h16-17H,9-15H2,1-8H3. The van der Waals surface area contributed by atoms with E-state index in [0.717, 1.165) is 25.7 Å². The molecule has 132 valence electrons. The zero-order valence-electron chi connectivity index (χ0n) is 16.4. The van der Waals surface area contributed by atoms with Gasteiger partial charge in [-0.05, 0) is 43.9 Å². The van der Waals surface area contributed by atoms with Gasteiger partial charge in [0.2, 0.25) is 0 Å². The highest BCUT2D eigenvalue weighted by Crippen LogP contribution is 2.40. The summed E-state index contributed by atoms with van der Waals surface area (Å²) in [4.78, 5) is 12.8. The lowest BCUT2D eigenvalue weighted by Crippen LogP contribution is -2.40. The number of carbonyl (C=O) groups is 1. The zero-order valence-corrected chi connectivity index (χ0v) is 16.4. The lowest BCUT2D eigenvalue weighted by atomic mass is 9.69. The maximum Gasteiger partial charge on any atom is 0.312 e. The summed E-state index contributed by atoms with van der Waals surface area (Å²) in [6.07, 6.45) is 7.80. The second-order valence-corrected chi connectivity index (χ2v) is 8.59. The van der Waals surface area contributed by atoms with Gasteiger partial charge in [-0.2, -0.15) is 0 Å². The molecule has 2 atom stereocenters. The van der Waals surface area contributed by atoms with Crippen molar-refractivity contribution in [1.29, 1.82) is 0 Å². The van der Waals surface area contributed by atoms with Crippen LogP contribution in [0.3, 0.4) is 0 Å². The Hall–Kier alpha value is -0.530. The summed E-state index contributed by atoms with van der Waals surface area (Å²) in [6, 6.07) is 0. The first-order chi connectivity index (χ1) is 10.1. The van der Waals surface area contributed by atoms with Crippen molar-refractivity contribution in [3.63, 3.8) is 0 Å². The molecule has 2 nitrogen and oxygen atoms in total. The van der Waals surface area contributed by atoms with Gasteiger partial charge in [-0.25, -0.2) is 0 Å². The lowest BCUT2D eigenvalue weighted by molar-refractivity contribution is -0.166. The molecule has 0 aromatic carbocycles. The van der Waals surface area contributed by atoms with Crippen molar-refractivity contribution in [2.24, 2.45) is 16.7 Å². The second kappa shape index (κ2) is 9.57. The number of hydrogen-bond acceptors (Lipinski definition) is 2. The first kappa shape index (κ1) is 21.5. The molecule has 0 aliphatic carbocycles. The second-order valence-electron chi connectivity index (χ2n) is 8.59. The Labute approximate surface area is 139 Å². The minimum atomic E-state index is -0.394. The number of ether oxygens (including phenoxy) is 1. The highest BCUT2D eigenvalue weighted by Gasteiger charge is 2.42. The van der Waals surface area contributed by atoms with E-state index in [1.54, 1.807) is 0 Å². The van der Waals surface area contributed by atoms with Crippen LogP contribution in [-0.2, 0) is 9.53 Å². The summed E-state index contributed by atoms with van der Waals surface area (Å²) in [5.74, 6) is 0.289. The van der Waals surface area contributed by atoms with Crippen LogP contribution in [0.15, 0.2) is 0 Å². The Kier molecular flexibility index (Phi) is 9.34. The Balaban J connectivity index is 4.72. The topological polar surface area (TPSA) is 26.3 Å². The van der Waals surface area contributed by atoms with Gasteiger partial charge in [0.25, 0.3) is 0 Å². The fraction of sp³-hybridized carbons (Fsp3) is 0.950. The third-order valence-corrected chi connectivity index (χ3v) is 4.75. The van der Waals surface area contributed by atoms with Gasteiger partial charge in [-0.15, -0.1) is 0 Å². The molecule has 0 heterocycles. The van der Waals surface area contributed by atoms with E-state index < -0.39 is 5.41 Å². The van der Waals surface area contributed by atoms with Crippen LogP contribution < -0.4 is 0 Å². The molecule has 0 bridgehead atoms. The molecule has 22 heavy (non-hydrogen) atoms. The van der Waals surface area contributed by atoms with Crippen LogP contribution in [0, 0.1) is 16.7 Å². The normalized spacial score (nSPS) is 16.4. The van der Waals surface area contributed by atoms with Gasteiger partial charge in [-0.1, -0.05) is 67.7 Å². The monoisotopic (exact) mass is 312 g/mol. The largest absolute Gasteiger partial charge is 0.462 e. The van der Waals surface area contributed by atoms with E-state index >= 15 is 0 Å². The molecule has 0 rings (SSSR count). The van der Waals surface area contributed by atoms with Crippen LogP contribution >= 0.6 is 0 Å². The Morgan fingerprint density at radius 1 is 1.00 bits per heavy atom. The summed E-state index contributed by atoms with van der Waals surface area (Å²) in [6.45, 7) is 17.3. The fourth-order valence-electron chi connectivity index (χ4n) is 3.04. The lowest BCUT2D eigenvalue weighted by Gasteiger charge is -2.37. The van der Waals surface area contributed by atoms with Gasteiger partial charge < -0.3 is 4.74 Å².